The van der Waals surface area contributed by atoms with Crippen molar-refractivity contribution < 1.29 is 45.6 Å². The molecule has 0 aliphatic carbocycles. The minimum absolute atomic E-state index is 0.185. The summed E-state index contributed by atoms with van der Waals surface area (Å²) in [7, 11) is 0. The smallest absolute Gasteiger partial charge is 0.385 e. The van der Waals surface area contributed by atoms with Gasteiger partial charge in [-0.25, -0.2) is 4.90 Å². The van der Waals surface area contributed by atoms with E-state index >= 15 is 0 Å². The maximum atomic E-state index is 11.6. The molecule has 208 valence electrons. The summed E-state index contributed by atoms with van der Waals surface area (Å²) >= 11 is 1.57. The molecule has 0 unspecified atom stereocenters. The number of nitrogens with zero attached hydrogens (tertiary/aromatic N) is 2. The van der Waals surface area contributed by atoms with Gasteiger partial charge >= 0.3 is 11.8 Å². The highest BCUT2D eigenvalue weighted by Crippen LogP contribution is 2.39. The Morgan fingerprint density at radius 1 is 0.821 bits per heavy atom. The molecule has 0 spiro atoms. The normalized spacial score (nSPS) is 16.3. The van der Waals surface area contributed by atoms with Crippen LogP contribution in [0.5, 0.6) is 5.75 Å². The van der Waals surface area contributed by atoms with E-state index in [1.54, 1.807) is 11.3 Å². The molecule has 0 amide bonds. The van der Waals surface area contributed by atoms with Gasteiger partial charge in [0, 0.05) is 54.1 Å². The molecule has 0 radical (unpaired) electrons. The number of ether oxygens (including phenoxy) is 1. The van der Waals surface area contributed by atoms with Crippen molar-refractivity contribution in [2.75, 3.05) is 31.1 Å². The summed E-state index contributed by atoms with van der Waals surface area (Å²) in [5.74, 6) is -17.3. The number of thiophene rings is 1. The van der Waals surface area contributed by atoms with Crippen LogP contribution in [-0.2, 0) is 0 Å². The van der Waals surface area contributed by atoms with E-state index in [4.69, 9.17) is 4.74 Å². The molecule has 0 atom stereocenters. The molecule has 0 bridgehead atoms. The van der Waals surface area contributed by atoms with E-state index in [-0.39, 0.29) is 31.7 Å². The minimum atomic E-state index is -4.48. The van der Waals surface area contributed by atoms with Crippen LogP contribution in [0.15, 0.2) is 64.8 Å². The van der Waals surface area contributed by atoms with Gasteiger partial charge in [0.1, 0.15) is 5.75 Å². The molecule has 14 heteroatoms. The van der Waals surface area contributed by atoms with Gasteiger partial charge in [-0.15, -0.1) is 11.3 Å². The average molecular weight is 562 g/mol. The van der Waals surface area contributed by atoms with Gasteiger partial charge in [-0.1, -0.05) is 6.07 Å². The van der Waals surface area contributed by atoms with Gasteiger partial charge in [-0.2, -0.15) is 0 Å². The Balaban J connectivity index is 1.34. The van der Waals surface area contributed by atoms with Gasteiger partial charge < -0.3 is 55.5 Å². The zero-order valence-electron chi connectivity index (χ0n) is 20.3. The Morgan fingerprint density at radius 2 is 1.51 bits per heavy atom. The van der Waals surface area contributed by atoms with Crippen LogP contribution in [0, 0.1) is 0 Å². The number of pyridine rings is 1. The highest BCUT2D eigenvalue weighted by atomic mass is 32.1. The Labute approximate surface area is 224 Å². The third-order valence-corrected chi connectivity index (χ3v) is 7.78. The predicted octanol–water partition coefficient (Wildman–Crippen LogP) is -1.42. The van der Waals surface area contributed by atoms with E-state index < -0.39 is 34.8 Å². The zero-order valence-corrected chi connectivity index (χ0v) is 21.1. The molecule has 39 heavy (non-hydrogen) atoms. The number of rotatable bonds is 7. The molecular weight excluding hydrogens is 534 g/mol. The molecule has 3 heterocycles. The summed E-state index contributed by atoms with van der Waals surface area (Å²) in [6.07, 6.45) is 0. The first-order chi connectivity index (χ1) is 18.2. The van der Waals surface area contributed by atoms with E-state index in [1.807, 2.05) is 34.5 Å². The first-order valence-electron chi connectivity index (χ1n) is 11.8. The minimum Gasteiger partial charge on any atom is -0.435 e. The number of hydrogen-bond donors (Lipinski definition) is 9. The van der Waals surface area contributed by atoms with Crippen molar-refractivity contribution in [1.82, 2.24) is 9.88 Å². The molecule has 9 N–H and O–H groups in total. The number of hydrogen-bond acceptors (Lipinski definition) is 13. The first kappa shape index (κ1) is 27.4. The summed E-state index contributed by atoms with van der Waals surface area (Å²) in [6, 6.07) is 14.1. The number of benzene rings is 2. The monoisotopic (exact) mass is 561 g/mol. The third kappa shape index (κ3) is 4.56. The molecule has 0 saturated carbocycles. The van der Waals surface area contributed by atoms with Crippen LogP contribution in [0.25, 0.3) is 21.0 Å². The summed E-state index contributed by atoms with van der Waals surface area (Å²) < 4.78 is 5.87. The quantitative estimate of drug-likeness (QED) is 0.119. The molecule has 2 aromatic heterocycles. The van der Waals surface area contributed by atoms with Gasteiger partial charge in [0.15, 0.2) is 0 Å². The van der Waals surface area contributed by atoms with Gasteiger partial charge in [-0.05, 0) is 47.2 Å². The van der Waals surface area contributed by atoms with Crippen molar-refractivity contribution >= 4 is 38.0 Å². The fourth-order valence-electron chi connectivity index (χ4n) is 4.62. The molecule has 1 saturated heterocycles. The molecular formula is C25H27N3O10S. The number of aliphatic hydroxyl groups is 8. The van der Waals surface area contributed by atoms with Gasteiger partial charge in [0.2, 0.25) is 5.56 Å². The summed E-state index contributed by atoms with van der Waals surface area (Å²) in [5.41, 5.74) is 0.605. The van der Waals surface area contributed by atoms with Crippen LogP contribution in [-0.4, -0.2) is 100 Å². The molecule has 1 aliphatic heterocycles. The largest absolute Gasteiger partial charge is 0.435 e. The van der Waals surface area contributed by atoms with Crippen LogP contribution < -0.4 is 15.2 Å². The van der Waals surface area contributed by atoms with E-state index in [0.717, 1.165) is 26.7 Å². The molecule has 13 nitrogen and oxygen atoms in total. The molecule has 5 rings (SSSR count). The number of aromatic amines is 1. The predicted molar refractivity (Wildman–Crippen MR) is 139 cm³/mol. The van der Waals surface area contributed by atoms with Gasteiger partial charge in [0.05, 0.1) is 5.52 Å². The highest BCUT2D eigenvalue weighted by molar-refractivity contribution is 7.17. The van der Waals surface area contributed by atoms with Gasteiger partial charge in [0.25, 0.3) is 11.7 Å². The van der Waals surface area contributed by atoms with E-state index in [9.17, 15) is 45.6 Å². The molecule has 1 fully saturated rings. The number of anilines is 1. The van der Waals surface area contributed by atoms with E-state index in [0.29, 0.717) is 5.39 Å². The summed E-state index contributed by atoms with van der Waals surface area (Å²) in [5, 5.41) is 87.9. The highest BCUT2D eigenvalue weighted by Gasteiger charge is 2.74. The number of piperazine rings is 1. The second-order valence-electron chi connectivity index (χ2n) is 9.35. The number of H-pyrrole nitrogens is 1. The summed E-state index contributed by atoms with van der Waals surface area (Å²) in [4.78, 5) is 16.7. The van der Waals surface area contributed by atoms with Crippen molar-refractivity contribution in [2.45, 2.75) is 23.5 Å². The van der Waals surface area contributed by atoms with Gasteiger partial charge in [-0.3, -0.25) is 4.79 Å². The van der Waals surface area contributed by atoms with Crippen LogP contribution in [0.4, 0.5) is 5.69 Å². The van der Waals surface area contributed by atoms with Crippen LogP contribution in [0.3, 0.4) is 0 Å². The maximum Gasteiger partial charge on any atom is 0.385 e. The van der Waals surface area contributed by atoms with E-state index in [2.05, 4.69) is 4.98 Å². The molecule has 2 aromatic carbocycles. The Bertz CT molecular complexity index is 1560. The van der Waals surface area contributed by atoms with Crippen molar-refractivity contribution in [3.8, 4) is 5.75 Å². The SMILES string of the molecule is O=c1ccc2ccc(OC(O)(O)C(O)(O)C(O)(O)C(O)(O)N3CCN(c4cccc5sccc45)CC3)cc2[nH]1. The second kappa shape index (κ2) is 9.50. The fraction of sp³-hybridized carbons (Fsp3) is 0.320. The van der Waals surface area contributed by atoms with Crippen LogP contribution >= 0.6 is 11.3 Å². The number of nitrogens with one attached hydrogen (secondary N) is 1. The Morgan fingerprint density at radius 3 is 2.23 bits per heavy atom. The lowest BCUT2D eigenvalue weighted by molar-refractivity contribution is -0.552. The van der Waals surface area contributed by atoms with Crippen molar-refractivity contribution in [3.63, 3.8) is 0 Å². The van der Waals surface area contributed by atoms with Crippen molar-refractivity contribution in [3.05, 3.63) is 70.3 Å². The lowest BCUT2D eigenvalue weighted by Gasteiger charge is -2.51. The van der Waals surface area contributed by atoms with Crippen molar-refractivity contribution in [2.24, 2.45) is 0 Å². The second-order valence-corrected chi connectivity index (χ2v) is 10.3. The first-order valence-corrected chi connectivity index (χ1v) is 12.7. The maximum absolute atomic E-state index is 11.6. The fourth-order valence-corrected chi connectivity index (χ4v) is 5.43. The Hall–Kier alpha value is -3.15. The zero-order chi connectivity index (χ0) is 28.2. The average Bonchev–Trinajstić information content (AvgIpc) is 3.37. The molecule has 1 aliphatic rings. The van der Waals surface area contributed by atoms with Crippen LogP contribution in [0.2, 0.25) is 0 Å². The lowest BCUT2D eigenvalue weighted by atomic mass is 9.97. The van der Waals surface area contributed by atoms with Crippen LogP contribution in [0.1, 0.15) is 0 Å². The topological polar surface area (TPSA) is 210 Å². The van der Waals surface area contributed by atoms with Crippen molar-refractivity contribution in [1.29, 1.82) is 0 Å². The van der Waals surface area contributed by atoms with E-state index in [1.165, 1.54) is 24.3 Å². The third-order valence-electron chi connectivity index (χ3n) is 6.90. The summed E-state index contributed by atoms with van der Waals surface area (Å²) in [6.45, 7) is 0.00432. The standard InChI is InChI=1S/C25H27N3O10S/c29-21-7-5-15-4-6-16(14-18(15)26-21)38-25(36,37)23(32,33)22(30,31)24(34,35)28-11-9-27(10-12-28)19-2-1-3-20-17(19)8-13-39-20/h1-8,13-14,30-37H,9-12H2,(H,26,29). The lowest BCUT2D eigenvalue weighted by Crippen LogP contribution is -2.81. The Kier molecular flexibility index (Phi) is 6.68. The number of aromatic nitrogens is 1. The molecule has 4 aromatic rings. The number of fused-ring (bicyclic) bond motifs is 2.